The number of hydrogen-bond donors (Lipinski definition) is 3. The molecule has 3 rings (SSSR count). The molecule has 1 fully saturated rings. The number of hydrogen-bond acceptors (Lipinski definition) is 4. The number of benzene rings is 2. The van der Waals surface area contributed by atoms with Gasteiger partial charge in [0.05, 0.1) is 18.7 Å². The van der Waals surface area contributed by atoms with E-state index in [0.29, 0.717) is 24.8 Å². The van der Waals surface area contributed by atoms with Crippen LogP contribution in [0.3, 0.4) is 0 Å². The number of quaternary nitrogens is 1. The molecule has 3 N–H and O–H groups in total. The van der Waals surface area contributed by atoms with Crippen molar-refractivity contribution in [2.45, 2.75) is 50.8 Å². The number of carbonyl (C=O) groups excluding carboxylic acids is 2. The Morgan fingerprint density at radius 3 is 2.26 bits per heavy atom. The van der Waals surface area contributed by atoms with Gasteiger partial charge in [0.2, 0.25) is 0 Å². The molecule has 1 aliphatic heterocycles. The average Bonchev–Trinajstić information content (AvgIpc) is 3.24. The van der Waals surface area contributed by atoms with Gasteiger partial charge in [0.15, 0.2) is 0 Å². The monoisotopic (exact) mass is 468 g/mol. The first kappa shape index (κ1) is 25.4. The second-order valence-electron chi connectivity index (χ2n) is 9.06. The van der Waals surface area contributed by atoms with Gasteiger partial charge in [0.25, 0.3) is 5.91 Å². The zero-order valence-corrected chi connectivity index (χ0v) is 19.8. The van der Waals surface area contributed by atoms with E-state index in [1.165, 1.54) is 4.90 Å². The van der Waals surface area contributed by atoms with E-state index in [2.05, 4.69) is 5.32 Å². The molecule has 8 nitrogen and oxygen atoms in total. The summed E-state index contributed by atoms with van der Waals surface area (Å²) in [6.07, 6.45) is -0.0934. The quantitative estimate of drug-likeness (QED) is 0.514. The number of amides is 4. The standard InChI is InChI=1S/C26H33N3O5/c1-19-10-9-17-29(19,26(33)34)25(32)28(2)16-15-23(30)22(18-20-11-5-3-6-12-20)27-24(31)21-13-7-4-8-14-21/h3-8,11-14,19,22-23,30H,9-10,15-18H2,1-2H3,(H-,27,31,33,34)/p+1/t19-,22?,23?,29?/m1/s1. The molecule has 4 amide bonds. The van der Waals surface area contributed by atoms with Crippen molar-refractivity contribution in [3.8, 4) is 0 Å². The lowest BCUT2D eigenvalue weighted by Gasteiger charge is -2.33. The molecule has 34 heavy (non-hydrogen) atoms. The Balaban J connectivity index is 1.69. The lowest BCUT2D eigenvalue weighted by Crippen LogP contribution is -2.62. The lowest BCUT2D eigenvalue weighted by molar-refractivity contribution is -0.790. The maximum Gasteiger partial charge on any atom is 0.523 e. The van der Waals surface area contributed by atoms with Gasteiger partial charge in [0, 0.05) is 32.0 Å². The summed E-state index contributed by atoms with van der Waals surface area (Å²) in [6, 6.07) is 17.0. The normalized spacial score (nSPS) is 21.4. The zero-order valence-electron chi connectivity index (χ0n) is 19.8. The summed E-state index contributed by atoms with van der Waals surface area (Å²) < 4.78 is -0.606. The average molecular weight is 469 g/mol. The highest BCUT2D eigenvalue weighted by Crippen LogP contribution is 2.29. The number of likely N-dealkylation sites (tertiary alicyclic amines) is 1. The summed E-state index contributed by atoms with van der Waals surface area (Å²) in [6.45, 7) is 2.23. The van der Waals surface area contributed by atoms with Crippen molar-refractivity contribution in [2.75, 3.05) is 20.1 Å². The van der Waals surface area contributed by atoms with Gasteiger partial charge in [-0.25, -0.2) is 4.79 Å². The van der Waals surface area contributed by atoms with Gasteiger partial charge in [-0.2, -0.15) is 4.79 Å². The molecule has 0 bridgehead atoms. The van der Waals surface area contributed by atoms with Crippen LogP contribution in [0.1, 0.15) is 42.1 Å². The second-order valence-corrected chi connectivity index (χ2v) is 9.06. The largest absolute Gasteiger partial charge is 0.523 e. The molecule has 0 radical (unpaired) electrons. The van der Waals surface area contributed by atoms with Gasteiger partial charge >= 0.3 is 12.1 Å². The summed E-state index contributed by atoms with van der Waals surface area (Å²) in [5.41, 5.74) is 1.46. The summed E-state index contributed by atoms with van der Waals surface area (Å²) in [7, 11) is 1.57. The third kappa shape index (κ3) is 5.63. The van der Waals surface area contributed by atoms with Crippen LogP contribution in [0.2, 0.25) is 0 Å². The number of carbonyl (C=O) groups is 3. The summed E-state index contributed by atoms with van der Waals surface area (Å²) in [5, 5.41) is 23.8. The molecule has 0 aliphatic carbocycles. The van der Waals surface area contributed by atoms with Crippen LogP contribution in [-0.2, 0) is 6.42 Å². The Labute approximate surface area is 200 Å². The molecule has 3 unspecified atom stereocenters. The highest BCUT2D eigenvalue weighted by atomic mass is 16.4. The Kier molecular flexibility index (Phi) is 8.41. The first-order chi connectivity index (χ1) is 16.3. The van der Waals surface area contributed by atoms with Crippen LogP contribution in [0.15, 0.2) is 60.7 Å². The van der Waals surface area contributed by atoms with Crippen molar-refractivity contribution in [2.24, 2.45) is 0 Å². The molecule has 0 spiro atoms. The maximum atomic E-state index is 13.1. The van der Waals surface area contributed by atoms with Crippen molar-refractivity contribution in [1.82, 2.24) is 10.2 Å². The van der Waals surface area contributed by atoms with Crippen molar-refractivity contribution >= 4 is 18.0 Å². The lowest BCUT2D eigenvalue weighted by atomic mass is 9.98. The zero-order chi connectivity index (χ0) is 24.7. The van der Waals surface area contributed by atoms with E-state index in [0.717, 1.165) is 5.56 Å². The van der Waals surface area contributed by atoms with Gasteiger partial charge in [-0.1, -0.05) is 48.5 Å². The van der Waals surface area contributed by atoms with E-state index >= 15 is 0 Å². The molecule has 2 aromatic rings. The van der Waals surface area contributed by atoms with Crippen molar-refractivity contribution in [1.29, 1.82) is 0 Å². The summed E-state index contributed by atoms with van der Waals surface area (Å²) in [5.74, 6) is -0.286. The van der Waals surface area contributed by atoms with E-state index < -0.39 is 28.8 Å². The molecular weight excluding hydrogens is 434 g/mol. The number of nitrogens with one attached hydrogen (secondary N) is 1. The second kappa shape index (κ2) is 11.3. The van der Waals surface area contributed by atoms with E-state index in [9.17, 15) is 24.6 Å². The van der Waals surface area contributed by atoms with Gasteiger partial charge in [0.1, 0.15) is 6.04 Å². The summed E-state index contributed by atoms with van der Waals surface area (Å²) >= 11 is 0. The molecule has 2 aromatic carbocycles. The van der Waals surface area contributed by atoms with Crippen LogP contribution in [0.4, 0.5) is 9.59 Å². The fourth-order valence-corrected chi connectivity index (χ4v) is 4.65. The van der Waals surface area contributed by atoms with Crippen LogP contribution in [0.25, 0.3) is 0 Å². The minimum absolute atomic E-state index is 0.173. The highest BCUT2D eigenvalue weighted by molar-refractivity contribution is 5.94. The predicted octanol–water partition coefficient (Wildman–Crippen LogP) is 3.51. The molecule has 0 saturated carbocycles. The minimum Gasteiger partial charge on any atom is -0.435 e. The van der Waals surface area contributed by atoms with Crippen molar-refractivity contribution in [3.63, 3.8) is 0 Å². The fraction of sp³-hybridized carbons (Fsp3) is 0.423. The Morgan fingerprint density at radius 1 is 1.09 bits per heavy atom. The predicted molar refractivity (Wildman–Crippen MR) is 128 cm³/mol. The van der Waals surface area contributed by atoms with Gasteiger partial charge in [-0.15, -0.1) is 4.48 Å². The third-order valence-electron chi connectivity index (χ3n) is 6.77. The number of aliphatic hydroxyl groups excluding tert-OH is 1. The Hall–Kier alpha value is -3.23. The third-order valence-corrected chi connectivity index (χ3v) is 6.77. The first-order valence-electron chi connectivity index (χ1n) is 11.7. The number of imide groups is 1. The molecular formula is C26H34N3O5+. The Morgan fingerprint density at radius 2 is 1.71 bits per heavy atom. The molecule has 4 atom stereocenters. The van der Waals surface area contributed by atoms with Gasteiger partial charge in [-0.3, -0.25) is 9.69 Å². The van der Waals surface area contributed by atoms with Crippen LogP contribution >= 0.6 is 0 Å². The maximum absolute atomic E-state index is 13.1. The smallest absolute Gasteiger partial charge is 0.435 e. The van der Waals surface area contributed by atoms with Gasteiger partial charge < -0.3 is 15.5 Å². The molecule has 182 valence electrons. The van der Waals surface area contributed by atoms with E-state index in [1.807, 2.05) is 36.4 Å². The van der Waals surface area contributed by atoms with E-state index in [4.69, 9.17) is 0 Å². The van der Waals surface area contributed by atoms with Crippen LogP contribution < -0.4 is 5.32 Å². The number of urea groups is 1. The number of rotatable bonds is 8. The van der Waals surface area contributed by atoms with E-state index in [-0.39, 0.29) is 31.5 Å². The van der Waals surface area contributed by atoms with E-state index in [1.54, 1.807) is 38.2 Å². The van der Waals surface area contributed by atoms with Crippen LogP contribution in [0, 0.1) is 0 Å². The molecule has 8 heteroatoms. The SMILES string of the molecule is C[C@@H]1CCC[N+]1(C(=O)O)C(=O)N(C)CCC(O)C(Cc1ccccc1)NC(=O)c1ccccc1. The topological polar surface area (TPSA) is 107 Å². The van der Waals surface area contributed by atoms with Crippen molar-refractivity contribution in [3.05, 3.63) is 71.8 Å². The number of aliphatic hydroxyl groups is 1. The number of carboxylic acid groups (broad SMARTS) is 1. The summed E-state index contributed by atoms with van der Waals surface area (Å²) in [4.78, 5) is 39.3. The van der Waals surface area contributed by atoms with Crippen molar-refractivity contribution < 1.29 is 29.1 Å². The van der Waals surface area contributed by atoms with Crippen LogP contribution in [0.5, 0.6) is 0 Å². The number of nitrogens with zero attached hydrogens (tertiary/aromatic N) is 2. The first-order valence-corrected chi connectivity index (χ1v) is 11.7. The molecule has 0 aromatic heterocycles. The van der Waals surface area contributed by atoms with Crippen LogP contribution in [-0.4, -0.2) is 76.0 Å². The molecule has 1 heterocycles. The fourth-order valence-electron chi connectivity index (χ4n) is 4.65. The van der Waals surface area contributed by atoms with Gasteiger partial charge in [-0.05, 0) is 37.5 Å². The minimum atomic E-state index is -1.14. The molecule has 1 aliphatic rings. The Bertz CT molecular complexity index is 984. The highest BCUT2D eigenvalue weighted by Gasteiger charge is 2.54. The molecule has 1 saturated heterocycles.